The molecule has 220 valence electrons. The van der Waals surface area contributed by atoms with Crippen LogP contribution in [0.25, 0.3) is 0 Å². The average molecular weight is 574 g/mol. The van der Waals surface area contributed by atoms with Gasteiger partial charge in [0.2, 0.25) is 0 Å². The fraction of sp³-hybridized carbons (Fsp3) is 0.567. The number of rotatable bonds is 10. The van der Waals surface area contributed by atoms with E-state index in [-0.39, 0.29) is 40.7 Å². The predicted octanol–water partition coefficient (Wildman–Crippen LogP) is 4.23. The van der Waals surface area contributed by atoms with E-state index in [2.05, 4.69) is 23.6 Å². The lowest BCUT2D eigenvalue weighted by Gasteiger charge is -2.38. The summed E-state index contributed by atoms with van der Waals surface area (Å²) in [6.07, 6.45) is 6.26. The van der Waals surface area contributed by atoms with Gasteiger partial charge in [0.15, 0.2) is 0 Å². The molecule has 1 amide bonds. The van der Waals surface area contributed by atoms with Crippen molar-refractivity contribution in [2.24, 2.45) is 11.8 Å². The molecular formula is C30H43N3O6S. The minimum Gasteiger partial charge on any atom is -0.497 e. The van der Waals surface area contributed by atoms with Crippen molar-refractivity contribution in [1.29, 1.82) is 0 Å². The summed E-state index contributed by atoms with van der Waals surface area (Å²) in [6, 6.07) is 10.5. The maximum atomic E-state index is 13.7. The van der Waals surface area contributed by atoms with E-state index >= 15 is 0 Å². The maximum Gasteiger partial charge on any atom is 0.261 e. The van der Waals surface area contributed by atoms with Crippen LogP contribution in [0.4, 0.5) is 5.69 Å². The van der Waals surface area contributed by atoms with Crippen LogP contribution in [0, 0.1) is 11.8 Å². The van der Waals surface area contributed by atoms with Crippen LogP contribution in [-0.4, -0.2) is 81.8 Å². The highest BCUT2D eigenvalue weighted by Gasteiger charge is 2.34. The molecule has 0 aromatic heterocycles. The summed E-state index contributed by atoms with van der Waals surface area (Å²) < 4.78 is 40.3. The molecule has 0 saturated heterocycles. The average Bonchev–Trinajstić information content (AvgIpc) is 2.95. The Hall–Kier alpha value is -2.82. The Morgan fingerprint density at radius 1 is 1.12 bits per heavy atom. The number of ether oxygens (including phenoxy) is 2. The molecule has 1 heterocycles. The van der Waals surface area contributed by atoms with E-state index in [4.69, 9.17) is 9.47 Å². The number of methoxy groups -OCH3 is 1. The lowest BCUT2D eigenvalue weighted by atomic mass is 9.89. The number of aliphatic hydroxyl groups excluding tert-OH is 1. The molecule has 0 radical (unpaired) electrons. The summed E-state index contributed by atoms with van der Waals surface area (Å²) in [7, 11) is -0.261. The van der Waals surface area contributed by atoms with E-state index in [1.165, 1.54) is 57.4 Å². The fourth-order valence-corrected chi connectivity index (χ4v) is 6.71. The predicted molar refractivity (Wildman–Crippen MR) is 155 cm³/mol. The van der Waals surface area contributed by atoms with Crippen LogP contribution in [0.15, 0.2) is 47.4 Å². The van der Waals surface area contributed by atoms with E-state index < -0.39 is 16.1 Å². The van der Waals surface area contributed by atoms with Crippen LogP contribution in [-0.2, 0) is 10.0 Å². The molecule has 40 heavy (non-hydrogen) atoms. The van der Waals surface area contributed by atoms with Gasteiger partial charge in [0, 0.05) is 31.2 Å². The highest BCUT2D eigenvalue weighted by molar-refractivity contribution is 7.92. The number of amides is 1. The summed E-state index contributed by atoms with van der Waals surface area (Å²) in [5.74, 6) is 1.38. The monoisotopic (exact) mass is 573 g/mol. The number of sulfonamides is 1. The van der Waals surface area contributed by atoms with Crippen LogP contribution in [0.2, 0.25) is 0 Å². The maximum absolute atomic E-state index is 13.7. The van der Waals surface area contributed by atoms with Gasteiger partial charge in [-0.1, -0.05) is 26.2 Å². The molecular weight excluding hydrogens is 530 g/mol. The number of nitrogens with one attached hydrogen (secondary N) is 1. The van der Waals surface area contributed by atoms with Crippen LogP contribution < -0.4 is 14.2 Å². The molecule has 2 aromatic carbocycles. The van der Waals surface area contributed by atoms with Gasteiger partial charge in [-0.05, 0) is 75.2 Å². The Morgan fingerprint density at radius 3 is 2.48 bits per heavy atom. The van der Waals surface area contributed by atoms with Gasteiger partial charge >= 0.3 is 0 Å². The largest absolute Gasteiger partial charge is 0.497 e. The number of fused-ring (bicyclic) bond motifs is 1. The molecule has 10 heteroatoms. The topological polar surface area (TPSA) is 108 Å². The Balaban J connectivity index is 1.59. The summed E-state index contributed by atoms with van der Waals surface area (Å²) in [5.41, 5.74) is 0.518. The second kappa shape index (κ2) is 13.2. The van der Waals surface area contributed by atoms with E-state index in [1.54, 1.807) is 29.2 Å². The summed E-state index contributed by atoms with van der Waals surface area (Å²) in [4.78, 5) is 17.8. The smallest absolute Gasteiger partial charge is 0.261 e. The van der Waals surface area contributed by atoms with E-state index in [1.807, 2.05) is 6.92 Å². The third-order valence-electron chi connectivity index (χ3n) is 8.07. The van der Waals surface area contributed by atoms with Crippen molar-refractivity contribution in [3.05, 3.63) is 48.0 Å². The summed E-state index contributed by atoms with van der Waals surface area (Å²) >= 11 is 0. The van der Waals surface area contributed by atoms with Crippen molar-refractivity contribution < 1.29 is 27.8 Å². The van der Waals surface area contributed by atoms with Gasteiger partial charge in [0.25, 0.3) is 15.9 Å². The third kappa shape index (κ3) is 7.27. The Bertz CT molecular complexity index is 1250. The number of hydrogen-bond acceptors (Lipinski definition) is 7. The molecule has 4 rings (SSSR count). The van der Waals surface area contributed by atoms with Gasteiger partial charge in [-0.2, -0.15) is 0 Å². The van der Waals surface area contributed by atoms with E-state index in [0.29, 0.717) is 30.5 Å². The van der Waals surface area contributed by atoms with Crippen LogP contribution >= 0.6 is 0 Å². The van der Waals surface area contributed by atoms with Gasteiger partial charge in [0.1, 0.15) is 17.6 Å². The molecule has 1 saturated carbocycles. The molecule has 3 atom stereocenters. The minimum absolute atomic E-state index is 0.0214. The van der Waals surface area contributed by atoms with Crippen molar-refractivity contribution >= 4 is 21.6 Å². The van der Waals surface area contributed by atoms with Gasteiger partial charge < -0.3 is 24.4 Å². The SMILES string of the molecule is COc1ccc(S(=O)(=O)Nc2ccc3c(c2)C(=O)N([C@H](C)CO)C[C@H](C)[C@@H](CN(C)CC2CCCCC2)O3)cc1. The molecule has 9 nitrogen and oxygen atoms in total. The van der Waals surface area contributed by atoms with E-state index in [0.717, 1.165) is 6.54 Å². The van der Waals surface area contributed by atoms with Crippen LogP contribution in [0.5, 0.6) is 11.5 Å². The lowest BCUT2D eigenvalue weighted by Crippen LogP contribution is -2.50. The van der Waals surface area contributed by atoms with Crippen LogP contribution in [0.3, 0.4) is 0 Å². The Labute approximate surface area is 238 Å². The summed E-state index contributed by atoms with van der Waals surface area (Å²) in [5, 5.41) is 9.93. The van der Waals surface area contributed by atoms with Crippen LogP contribution in [0.1, 0.15) is 56.3 Å². The van der Waals surface area contributed by atoms with E-state index in [9.17, 15) is 18.3 Å². The minimum atomic E-state index is -3.90. The first-order chi connectivity index (χ1) is 19.1. The second-order valence-electron chi connectivity index (χ2n) is 11.3. The fourth-order valence-electron chi connectivity index (χ4n) is 5.67. The van der Waals surface area contributed by atoms with Crippen molar-refractivity contribution in [2.75, 3.05) is 45.1 Å². The zero-order valence-corrected chi connectivity index (χ0v) is 24.8. The Morgan fingerprint density at radius 2 is 1.82 bits per heavy atom. The number of aliphatic hydroxyl groups is 1. The molecule has 1 aliphatic heterocycles. The van der Waals surface area contributed by atoms with Gasteiger partial charge in [0.05, 0.1) is 30.2 Å². The quantitative estimate of drug-likeness (QED) is 0.438. The highest BCUT2D eigenvalue weighted by Crippen LogP contribution is 2.32. The molecule has 0 bridgehead atoms. The van der Waals surface area contributed by atoms with Crippen molar-refractivity contribution in [1.82, 2.24) is 9.80 Å². The second-order valence-corrected chi connectivity index (χ2v) is 13.0. The summed E-state index contributed by atoms with van der Waals surface area (Å²) in [6.45, 7) is 5.85. The van der Waals surface area contributed by atoms with Crippen molar-refractivity contribution in [3.8, 4) is 11.5 Å². The van der Waals surface area contributed by atoms with Gasteiger partial charge in [-0.3, -0.25) is 9.52 Å². The molecule has 0 spiro atoms. The highest BCUT2D eigenvalue weighted by atomic mass is 32.2. The number of hydrogen-bond donors (Lipinski definition) is 2. The normalized spacial score (nSPS) is 21.2. The third-order valence-corrected chi connectivity index (χ3v) is 9.47. The molecule has 2 N–H and O–H groups in total. The standard InChI is InChI=1S/C30H43N3O6S/c1-21-17-33(22(2)20-34)30(35)27-16-24(31-40(36,37)26-13-11-25(38-4)12-14-26)10-15-28(27)39-29(21)19-32(3)18-23-8-6-5-7-9-23/h10-16,21-23,29,31,34H,5-9,17-20H2,1-4H3/t21-,22+,29+/m0/s1. The number of carbonyl (C=O) groups is 1. The number of anilines is 1. The first-order valence-electron chi connectivity index (χ1n) is 14.2. The molecule has 0 unspecified atom stereocenters. The first kappa shape index (κ1) is 30.1. The number of carbonyl (C=O) groups excluding carboxylic acids is 1. The molecule has 1 fully saturated rings. The van der Waals surface area contributed by atoms with Gasteiger partial charge in [-0.25, -0.2) is 8.42 Å². The van der Waals surface area contributed by atoms with Gasteiger partial charge in [-0.15, -0.1) is 0 Å². The first-order valence-corrected chi connectivity index (χ1v) is 15.7. The lowest BCUT2D eigenvalue weighted by molar-refractivity contribution is 0.0330. The van der Waals surface area contributed by atoms with Crippen molar-refractivity contribution in [3.63, 3.8) is 0 Å². The zero-order valence-electron chi connectivity index (χ0n) is 24.0. The zero-order chi connectivity index (χ0) is 28.9. The molecule has 1 aliphatic carbocycles. The number of benzene rings is 2. The van der Waals surface area contributed by atoms with Crippen molar-refractivity contribution in [2.45, 2.75) is 63.0 Å². The number of nitrogens with zero attached hydrogens (tertiary/aromatic N) is 2. The molecule has 2 aliphatic rings. The Kier molecular flexibility index (Phi) is 9.97. The number of likely N-dealkylation sites (N-methyl/N-ethyl adjacent to an activating group) is 1. The molecule has 2 aromatic rings.